The maximum absolute atomic E-state index is 12.7. The number of hydrogen-bond acceptors (Lipinski definition) is 2. The van der Waals surface area contributed by atoms with Gasteiger partial charge in [-0.2, -0.15) is 13.2 Å². The molecule has 1 aromatic rings. The van der Waals surface area contributed by atoms with Crippen LogP contribution in [0.1, 0.15) is 38.2 Å². The number of halogens is 4. The molecule has 1 aliphatic carbocycles. The van der Waals surface area contributed by atoms with Crippen molar-refractivity contribution in [3.05, 3.63) is 22.8 Å². The Morgan fingerprint density at radius 2 is 2.05 bits per heavy atom. The molecule has 1 saturated carbocycles. The van der Waals surface area contributed by atoms with Gasteiger partial charge in [-0.1, -0.05) is 31.4 Å². The molecule has 0 saturated heterocycles. The van der Waals surface area contributed by atoms with Crippen LogP contribution in [-0.2, 0) is 6.18 Å². The second kappa shape index (κ2) is 5.92. The van der Waals surface area contributed by atoms with Crippen LogP contribution >= 0.6 is 23.4 Å². The lowest BCUT2D eigenvalue weighted by Crippen LogP contribution is -2.15. The molecular formula is C13H15ClF3NS. The minimum absolute atomic E-state index is 0.0961. The van der Waals surface area contributed by atoms with Gasteiger partial charge in [0.15, 0.2) is 0 Å². The lowest BCUT2D eigenvalue weighted by atomic mass is 9.91. The van der Waals surface area contributed by atoms with Gasteiger partial charge < -0.3 is 0 Å². The van der Waals surface area contributed by atoms with Gasteiger partial charge in [0.1, 0.15) is 5.15 Å². The van der Waals surface area contributed by atoms with Crippen molar-refractivity contribution in [2.45, 2.75) is 49.1 Å². The topological polar surface area (TPSA) is 12.9 Å². The molecule has 1 aromatic heterocycles. The first kappa shape index (κ1) is 15.0. The highest BCUT2D eigenvalue weighted by molar-refractivity contribution is 7.99. The molecule has 2 rings (SSSR count). The van der Waals surface area contributed by atoms with Crippen LogP contribution in [0.5, 0.6) is 0 Å². The van der Waals surface area contributed by atoms with Crippen molar-refractivity contribution in [1.29, 1.82) is 0 Å². The Kier molecular flexibility index (Phi) is 4.66. The Labute approximate surface area is 119 Å². The van der Waals surface area contributed by atoms with Gasteiger partial charge in [-0.15, -0.1) is 11.8 Å². The van der Waals surface area contributed by atoms with E-state index in [4.69, 9.17) is 11.6 Å². The highest BCUT2D eigenvalue weighted by Crippen LogP contribution is 2.38. The fraction of sp³-hybridized carbons (Fsp3) is 0.615. The number of thioether (sulfide) groups is 1. The van der Waals surface area contributed by atoms with Crippen LogP contribution in [0, 0.1) is 5.92 Å². The summed E-state index contributed by atoms with van der Waals surface area (Å²) in [5.74, 6) is 0.632. The minimum atomic E-state index is -4.37. The maximum atomic E-state index is 12.7. The summed E-state index contributed by atoms with van der Waals surface area (Å²) in [7, 11) is 0. The van der Waals surface area contributed by atoms with Gasteiger partial charge in [0.25, 0.3) is 0 Å². The molecule has 6 heteroatoms. The number of pyridine rings is 1. The summed E-state index contributed by atoms with van der Waals surface area (Å²) in [6, 6.07) is 1.96. The molecule has 2 atom stereocenters. The molecule has 1 heterocycles. The van der Waals surface area contributed by atoms with Crippen molar-refractivity contribution in [1.82, 2.24) is 4.98 Å². The second-order valence-electron chi connectivity index (χ2n) is 5.03. The van der Waals surface area contributed by atoms with Crippen LogP contribution in [0.15, 0.2) is 17.2 Å². The van der Waals surface area contributed by atoms with Crippen LogP contribution in [0.2, 0.25) is 5.15 Å². The number of hydrogen-bond donors (Lipinski definition) is 0. The molecule has 0 spiro atoms. The molecule has 0 aromatic carbocycles. The van der Waals surface area contributed by atoms with Gasteiger partial charge in [-0.25, -0.2) is 4.98 Å². The first-order valence-electron chi connectivity index (χ1n) is 6.26. The zero-order chi connectivity index (χ0) is 14.0. The van der Waals surface area contributed by atoms with Crippen LogP contribution in [-0.4, -0.2) is 10.2 Å². The van der Waals surface area contributed by atoms with E-state index in [9.17, 15) is 13.2 Å². The average Bonchev–Trinajstić information content (AvgIpc) is 2.26. The Bertz CT molecular complexity index is 450. The molecule has 0 N–H and O–H groups in total. The normalized spacial score (nSPS) is 24.5. The number of alkyl halides is 3. The first-order valence-corrected chi connectivity index (χ1v) is 7.52. The van der Waals surface area contributed by atoms with Crippen molar-refractivity contribution in [2.24, 2.45) is 5.92 Å². The molecule has 1 aliphatic rings. The van der Waals surface area contributed by atoms with Gasteiger partial charge in [0.2, 0.25) is 0 Å². The first-order chi connectivity index (χ1) is 8.84. The summed E-state index contributed by atoms with van der Waals surface area (Å²) >= 11 is 7.10. The zero-order valence-electron chi connectivity index (χ0n) is 10.5. The third-order valence-corrected chi connectivity index (χ3v) is 4.68. The van der Waals surface area contributed by atoms with Crippen LogP contribution in [0.3, 0.4) is 0 Å². The molecule has 1 nitrogen and oxygen atoms in total. The van der Waals surface area contributed by atoms with Gasteiger partial charge in [0.05, 0.1) is 10.6 Å². The van der Waals surface area contributed by atoms with E-state index in [1.807, 2.05) is 0 Å². The highest BCUT2D eigenvalue weighted by Gasteiger charge is 2.32. The fourth-order valence-electron chi connectivity index (χ4n) is 2.35. The molecule has 106 valence electrons. The van der Waals surface area contributed by atoms with E-state index >= 15 is 0 Å². The quantitative estimate of drug-likeness (QED) is 0.676. The zero-order valence-corrected chi connectivity index (χ0v) is 12.1. The second-order valence-corrected chi connectivity index (χ2v) is 6.73. The molecule has 2 unspecified atom stereocenters. The van der Waals surface area contributed by atoms with E-state index in [1.54, 1.807) is 0 Å². The van der Waals surface area contributed by atoms with E-state index in [0.29, 0.717) is 16.2 Å². The Morgan fingerprint density at radius 3 is 2.68 bits per heavy atom. The molecule has 0 bridgehead atoms. The SMILES string of the molecule is CC1CCCC(Sc2cc(C(F)(F)F)cc(Cl)n2)C1. The minimum Gasteiger partial charge on any atom is -0.230 e. The van der Waals surface area contributed by atoms with Crippen LogP contribution in [0.4, 0.5) is 13.2 Å². The average molecular weight is 310 g/mol. The smallest absolute Gasteiger partial charge is 0.230 e. The van der Waals surface area contributed by atoms with Gasteiger partial charge in [-0.05, 0) is 30.9 Å². The van der Waals surface area contributed by atoms with Crippen molar-refractivity contribution in [2.75, 3.05) is 0 Å². The number of aromatic nitrogens is 1. The van der Waals surface area contributed by atoms with Crippen molar-refractivity contribution < 1.29 is 13.2 Å². The monoisotopic (exact) mass is 309 g/mol. The van der Waals surface area contributed by atoms with Crippen molar-refractivity contribution in [3.8, 4) is 0 Å². The largest absolute Gasteiger partial charge is 0.416 e. The van der Waals surface area contributed by atoms with E-state index < -0.39 is 11.7 Å². The molecular weight excluding hydrogens is 295 g/mol. The number of rotatable bonds is 2. The summed E-state index contributed by atoms with van der Waals surface area (Å²) < 4.78 is 38.1. The van der Waals surface area contributed by atoms with Gasteiger partial charge in [-0.3, -0.25) is 0 Å². The van der Waals surface area contributed by atoms with E-state index in [0.717, 1.165) is 31.4 Å². The summed E-state index contributed by atoms with van der Waals surface area (Å²) in [5, 5.41) is 0.621. The standard InChI is InChI=1S/C13H15ClF3NS/c1-8-3-2-4-10(5-8)19-12-7-9(13(15,16)17)6-11(14)18-12/h6-8,10H,2-5H2,1H3. The maximum Gasteiger partial charge on any atom is 0.416 e. The van der Waals surface area contributed by atoms with E-state index in [-0.39, 0.29) is 5.15 Å². The van der Waals surface area contributed by atoms with Gasteiger partial charge in [0, 0.05) is 5.25 Å². The van der Waals surface area contributed by atoms with Crippen LogP contribution < -0.4 is 0 Å². The van der Waals surface area contributed by atoms with Crippen LogP contribution in [0.25, 0.3) is 0 Å². The third kappa shape index (κ3) is 4.28. The highest BCUT2D eigenvalue weighted by atomic mass is 35.5. The predicted octanol–water partition coefficient (Wildman–Crippen LogP) is 5.42. The molecule has 0 radical (unpaired) electrons. The Balaban J connectivity index is 2.14. The van der Waals surface area contributed by atoms with Crippen molar-refractivity contribution in [3.63, 3.8) is 0 Å². The van der Waals surface area contributed by atoms with Crippen molar-refractivity contribution >= 4 is 23.4 Å². The number of nitrogens with zero attached hydrogens (tertiary/aromatic N) is 1. The summed E-state index contributed by atoms with van der Waals surface area (Å²) in [6.07, 6.45) is 0.0197. The Morgan fingerprint density at radius 1 is 1.32 bits per heavy atom. The lowest BCUT2D eigenvalue weighted by molar-refractivity contribution is -0.137. The van der Waals surface area contributed by atoms with Gasteiger partial charge >= 0.3 is 6.18 Å². The molecule has 1 fully saturated rings. The third-order valence-electron chi connectivity index (χ3n) is 3.27. The fourth-order valence-corrected chi connectivity index (χ4v) is 4.01. The molecule has 0 aliphatic heterocycles. The summed E-state index contributed by atoms with van der Waals surface area (Å²) in [4.78, 5) is 3.99. The predicted molar refractivity (Wildman–Crippen MR) is 71.5 cm³/mol. The van der Waals surface area contributed by atoms with E-state index in [1.165, 1.54) is 18.2 Å². The summed E-state index contributed by atoms with van der Waals surface area (Å²) in [5.41, 5.74) is -0.723. The lowest BCUT2D eigenvalue weighted by Gasteiger charge is -2.26. The summed E-state index contributed by atoms with van der Waals surface area (Å²) in [6.45, 7) is 2.18. The van der Waals surface area contributed by atoms with E-state index in [2.05, 4.69) is 11.9 Å². The Hall–Kier alpha value is -0.420. The molecule has 19 heavy (non-hydrogen) atoms. The molecule has 0 amide bonds.